The molecule has 2 aromatic carbocycles. The third-order valence-corrected chi connectivity index (χ3v) is 6.64. The lowest BCUT2D eigenvalue weighted by molar-refractivity contribution is -0.125. The molecule has 4 amide bonds. The Morgan fingerprint density at radius 2 is 1.97 bits per heavy atom. The zero-order chi connectivity index (χ0) is 26.8. The van der Waals surface area contributed by atoms with E-state index in [4.69, 9.17) is 14.9 Å². The number of furan rings is 1. The highest BCUT2D eigenvalue weighted by atomic mass is 19.1. The lowest BCUT2D eigenvalue weighted by Crippen LogP contribution is -2.52. The predicted molar refractivity (Wildman–Crippen MR) is 131 cm³/mol. The summed E-state index contributed by atoms with van der Waals surface area (Å²) in [6.07, 6.45) is 0. The molecular weight excluding hydrogens is 499 g/mol. The summed E-state index contributed by atoms with van der Waals surface area (Å²) in [6.45, 7) is -0.307. The smallest absolute Gasteiger partial charge is 0.322 e. The highest BCUT2D eigenvalue weighted by Gasteiger charge is 2.53. The molecule has 0 radical (unpaired) electrons. The topological polar surface area (TPSA) is 173 Å². The summed E-state index contributed by atoms with van der Waals surface area (Å²) >= 11 is 0. The van der Waals surface area contributed by atoms with E-state index in [0.29, 0.717) is 27.8 Å². The monoisotopic (exact) mass is 518 g/mol. The van der Waals surface area contributed by atoms with Crippen molar-refractivity contribution in [2.24, 2.45) is 0 Å². The molecule has 6 rings (SSSR count). The summed E-state index contributed by atoms with van der Waals surface area (Å²) in [4.78, 5) is 58.2. The first-order chi connectivity index (χ1) is 18.2. The predicted octanol–water partition coefficient (Wildman–Crippen LogP) is 1.60. The number of amides is 4. The number of carbonyl (C=O) groups is 3. The number of aromatic amines is 1. The number of nitrogens with two attached hydrogens (primary N) is 1. The Morgan fingerprint density at radius 3 is 2.68 bits per heavy atom. The maximum absolute atomic E-state index is 14.9. The fourth-order valence-electron chi connectivity index (χ4n) is 4.86. The van der Waals surface area contributed by atoms with E-state index in [-0.39, 0.29) is 36.1 Å². The number of halogens is 1. The number of ether oxygens (including phenoxy) is 1. The quantitative estimate of drug-likeness (QED) is 0.288. The number of anilines is 1. The van der Waals surface area contributed by atoms with Crippen molar-refractivity contribution in [2.45, 2.75) is 12.1 Å². The molecule has 0 aliphatic carbocycles. The van der Waals surface area contributed by atoms with Crippen LogP contribution in [0.2, 0.25) is 0 Å². The molecule has 192 valence electrons. The van der Waals surface area contributed by atoms with Crippen molar-refractivity contribution in [1.82, 2.24) is 25.5 Å². The Labute approximate surface area is 212 Å². The number of methoxy groups -OCH3 is 1. The molecule has 5 N–H and O–H groups in total. The van der Waals surface area contributed by atoms with E-state index in [1.165, 1.54) is 24.1 Å². The third-order valence-electron chi connectivity index (χ3n) is 6.64. The summed E-state index contributed by atoms with van der Waals surface area (Å²) in [5, 5.41) is 5.32. The van der Waals surface area contributed by atoms with E-state index in [9.17, 15) is 23.6 Å². The zero-order valence-electron chi connectivity index (χ0n) is 19.8. The van der Waals surface area contributed by atoms with Crippen LogP contribution in [0.1, 0.15) is 21.7 Å². The van der Waals surface area contributed by atoms with Gasteiger partial charge in [-0.2, -0.15) is 0 Å². The minimum Gasteiger partial charge on any atom is -0.494 e. The van der Waals surface area contributed by atoms with Crippen LogP contribution in [-0.2, 0) is 16.9 Å². The Hall–Kier alpha value is -5.20. The van der Waals surface area contributed by atoms with Gasteiger partial charge in [-0.25, -0.2) is 14.2 Å². The van der Waals surface area contributed by atoms with Crippen LogP contribution < -0.4 is 26.7 Å². The first kappa shape index (κ1) is 23.2. The van der Waals surface area contributed by atoms with Crippen LogP contribution in [-0.4, -0.2) is 46.4 Å². The van der Waals surface area contributed by atoms with E-state index < -0.39 is 34.8 Å². The highest BCUT2D eigenvalue weighted by Crippen LogP contribution is 2.37. The summed E-state index contributed by atoms with van der Waals surface area (Å²) in [5.41, 5.74) is 5.00. The molecular formula is C25H19FN6O6. The number of fused-ring (bicyclic) bond motifs is 2. The number of carbonyl (C=O) groups excluding carboxylic acids is 3. The molecule has 1 atom stereocenters. The number of nitrogens with one attached hydrogen (secondary N) is 3. The third kappa shape index (κ3) is 3.47. The molecule has 0 bridgehead atoms. The molecule has 13 heteroatoms. The van der Waals surface area contributed by atoms with Crippen LogP contribution in [0.5, 0.6) is 5.75 Å². The van der Waals surface area contributed by atoms with Gasteiger partial charge in [0.05, 0.1) is 24.9 Å². The molecule has 1 unspecified atom stereocenters. The maximum atomic E-state index is 14.9. The van der Waals surface area contributed by atoms with Gasteiger partial charge in [-0.1, -0.05) is 6.07 Å². The molecule has 1 fully saturated rings. The second-order valence-electron chi connectivity index (χ2n) is 8.97. The Balaban J connectivity index is 1.40. The van der Waals surface area contributed by atoms with Gasteiger partial charge in [-0.3, -0.25) is 24.7 Å². The van der Waals surface area contributed by atoms with Crippen LogP contribution >= 0.6 is 0 Å². The fourth-order valence-corrected chi connectivity index (χ4v) is 4.86. The van der Waals surface area contributed by atoms with Gasteiger partial charge in [0.25, 0.3) is 17.4 Å². The second kappa shape index (κ2) is 8.16. The molecule has 38 heavy (non-hydrogen) atoms. The van der Waals surface area contributed by atoms with Crippen molar-refractivity contribution in [1.29, 1.82) is 0 Å². The number of rotatable bonds is 5. The summed E-state index contributed by atoms with van der Waals surface area (Å²) in [7, 11) is 1.29. The van der Waals surface area contributed by atoms with Crippen molar-refractivity contribution >= 4 is 34.8 Å². The van der Waals surface area contributed by atoms with Crippen LogP contribution in [0.15, 0.2) is 51.7 Å². The molecule has 2 aliphatic rings. The van der Waals surface area contributed by atoms with Gasteiger partial charge in [-0.05, 0) is 35.9 Å². The first-order valence-electron chi connectivity index (χ1n) is 11.4. The summed E-state index contributed by atoms with van der Waals surface area (Å²) in [5.74, 6) is -2.24. The number of hydrogen-bond donors (Lipinski definition) is 4. The molecule has 1 saturated heterocycles. The average Bonchev–Trinajstić information content (AvgIpc) is 3.52. The van der Waals surface area contributed by atoms with E-state index in [0.717, 1.165) is 0 Å². The minimum absolute atomic E-state index is 0.0139. The van der Waals surface area contributed by atoms with Gasteiger partial charge in [0.1, 0.15) is 11.3 Å². The highest BCUT2D eigenvalue weighted by molar-refractivity contribution is 6.08. The summed E-state index contributed by atoms with van der Waals surface area (Å²) < 4.78 is 25.8. The van der Waals surface area contributed by atoms with E-state index in [1.807, 2.05) is 0 Å². The number of hydrogen-bond acceptors (Lipinski definition) is 8. The molecule has 12 nitrogen and oxygen atoms in total. The lowest BCUT2D eigenvalue weighted by Gasteiger charge is -2.29. The van der Waals surface area contributed by atoms with Crippen molar-refractivity contribution in [3.8, 4) is 17.0 Å². The number of imide groups is 1. The summed E-state index contributed by atoms with van der Waals surface area (Å²) in [6, 6.07) is 10.0. The normalized spacial score (nSPS) is 18.6. The molecule has 2 aliphatic heterocycles. The minimum atomic E-state index is -1.78. The van der Waals surface area contributed by atoms with Gasteiger partial charge in [-0.15, -0.1) is 0 Å². The van der Waals surface area contributed by atoms with Gasteiger partial charge in [0.15, 0.2) is 17.1 Å². The number of nitrogen functional groups attached to an aromatic ring is 1. The number of urea groups is 1. The maximum Gasteiger partial charge on any atom is 0.322 e. The van der Waals surface area contributed by atoms with Crippen molar-refractivity contribution in [3.63, 3.8) is 0 Å². The number of aromatic nitrogens is 2. The Morgan fingerprint density at radius 1 is 1.16 bits per heavy atom. The molecule has 4 aromatic rings. The van der Waals surface area contributed by atoms with Crippen LogP contribution in [0, 0.1) is 5.82 Å². The molecule has 4 heterocycles. The van der Waals surface area contributed by atoms with E-state index in [1.54, 1.807) is 30.3 Å². The Bertz CT molecular complexity index is 1750. The van der Waals surface area contributed by atoms with Crippen LogP contribution in [0.4, 0.5) is 15.1 Å². The average molecular weight is 518 g/mol. The van der Waals surface area contributed by atoms with Gasteiger partial charge < -0.3 is 25.1 Å². The number of H-pyrrole nitrogens is 1. The van der Waals surface area contributed by atoms with Crippen molar-refractivity contribution in [3.05, 3.63) is 75.5 Å². The molecule has 2 aromatic heterocycles. The van der Waals surface area contributed by atoms with Gasteiger partial charge >= 0.3 is 6.03 Å². The number of nitrogens with zero attached hydrogens (tertiary/aromatic N) is 2. The van der Waals surface area contributed by atoms with Crippen LogP contribution in [0.25, 0.3) is 22.2 Å². The Kier molecular flexibility index (Phi) is 4.99. The lowest BCUT2D eigenvalue weighted by atomic mass is 9.95. The molecule has 0 spiro atoms. The van der Waals surface area contributed by atoms with E-state index >= 15 is 0 Å². The second-order valence-corrected chi connectivity index (χ2v) is 8.97. The van der Waals surface area contributed by atoms with Crippen LogP contribution in [0.3, 0.4) is 0 Å². The standard InChI is InChI=1S/C25H19FN6O6/c1-37-16-5-3-12-9-32(21(34)19(12)20(16)26)10-25(22(35)30-24(36)31-25)17-7-13-6-11(2-4-15(13)38-17)14-8-18(33)29-23(27)28-14/h2-8H,9-10H2,1H3,(H3,27,28,29,33)(H2,30,31,35,36). The van der Waals surface area contributed by atoms with Crippen molar-refractivity contribution in [2.75, 3.05) is 19.4 Å². The fraction of sp³-hybridized carbons (Fsp3) is 0.160. The molecule has 0 saturated carbocycles. The van der Waals surface area contributed by atoms with Gasteiger partial charge in [0.2, 0.25) is 5.95 Å². The van der Waals surface area contributed by atoms with Crippen molar-refractivity contribution < 1.29 is 27.9 Å². The largest absolute Gasteiger partial charge is 0.494 e. The number of benzene rings is 2. The zero-order valence-corrected chi connectivity index (χ0v) is 19.8. The SMILES string of the molecule is COc1ccc2c(c1F)C(=O)N(CC1(c3cc4cc(-c5cc(=O)[nH]c(N)n5)ccc4o3)NC(=O)NC1=O)C2. The first-order valence-corrected chi connectivity index (χ1v) is 11.4. The van der Waals surface area contributed by atoms with Gasteiger partial charge in [0, 0.05) is 23.6 Å². The van der Waals surface area contributed by atoms with E-state index in [2.05, 4.69) is 20.6 Å².